The highest BCUT2D eigenvalue weighted by atomic mass is 32.2. The number of nitrogens with zero attached hydrogens (tertiary/aromatic N) is 3. The van der Waals surface area contributed by atoms with E-state index in [-0.39, 0.29) is 30.0 Å². The average Bonchev–Trinajstić information content (AvgIpc) is 2.68. The van der Waals surface area contributed by atoms with Crippen molar-refractivity contribution in [3.8, 4) is 5.75 Å². The topological polar surface area (TPSA) is 79.8 Å². The van der Waals surface area contributed by atoms with Crippen LogP contribution >= 0.6 is 0 Å². The van der Waals surface area contributed by atoms with E-state index in [0.29, 0.717) is 24.4 Å². The molecule has 1 aromatic carbocycles. The van der Waals surface area contributed by atoms with E-state index in [9.17, 15) is 13.2 Å². The second kappa shape index (κ2) is 8.06. The molecule has 8 heteroatoms. The van der Waals surface area contributed by atoms with Crippen LogP contribution in [0.5, 0.6) is 5.75 Å². The Morgan fingerprint density at radius 3 is 2.15 bits per heavy atom. The minimum Gasteiger partial charge on any atom is -0.491 e. The van der Waals surface area contributed by atoms with E-state index >= 15 is 0 Å². The maximum atomic E-state index is 12.8. The number of amides is 1. The van der Waals surface area contributed by atoms with Gasteiger partial charge in [-0.3, -0.25) is 9.78 Å². The van der Waals surface area contributed by atoms with Gasteiger partial charge < -0.3 is 9.64 Å². The molecule has 27 heavy (non-hydrogen) atoms. The van der Waals surface area contributed by atoms with Crippen molar-refractivity contribution in [2.45, 2.75) is 24.8 Å². The summed E-state index contributed by atoms with van der Waals surface area (Å²) < 4.78 is 32.7. The van der Waals surface area contributed by atoms with Crippen LogP contribution in [0.2, 0.25) is 0 Å². The number of carbonyl (C=O) groups is 1. The number of hydrogen-bond acceptors (Lipinski definition) is 5. The molecule has 3 rings (SSSR count). The van der Waals surface area contributed by atoms with Gasteiger partial charge in [0, 0.05) is 44.1 Å². The van der Waals surface area contributed by atoms with Gasteiger partial charge in [0.1, 0.15) is 5.75 Å². The summed E-state index contributed by atoms with van der Waals surface area (Å²) >= 11 is 0. The smallest absolute Gasteiger partial charge is 0.254 e. The zero-order valence-corrected chi connectivity index (χ0v) is 16.2. The van der Waals surface area contributed by atoms with E-state index in [4.69, 9.17) is 4.74 Å². The average molecular weight is 389 g/mol. The molecule has 2 heterocycles. The van der Waals surface area contributed by atoms with E-state index < -0.39 is 10.0 Å². The molecule has 0 atom stereocenters. The minimum atomic E-state index is -3.59. The van der Waals surface area contributed by atoms with Gasteiger partial charge >= 0.3 is 0 Å². The van der Waals surface area contributed by atoms with Crippen LogP contribution in [-0.4, -0.2) is 60.8 Å². The lowest BCUT2D eigenvalue weighted by Crippen LogP contribution is -2.50. The highest BCUT2D eigenvalue weighted by Gasteiger charge is 2.30. The number of benzene rings is 1. The first kappa shape index (κ1) is 19.3. The van der Waals surface area contributed by atoms with E-state index in [0.717, 1.165) is 0 Å². The van der Waals surface area contributed by atoms with Gasteiger partial charge in [-0.15, -0.1) is 0 Å². The Bertz CT molecular complexity index is 875. The summed E-state index contributed by atoms with van der Waals surface area (Å²) in [5.74, 6) is 0.529. The van der Waals surface area contributed by atoms with Gasteiger partial charge in [-0.05, 0) is 50.2 Å². The van der Waals surface area contributed by atoms with Crippen molar-refractivity contribution in [2.24, 2.45) is 0 Å². The highest BCUT2D eigenvalue weighted by Crippen LogP contribution is 2.22. The van der Waals surface area contributed by atoms with Gasteiger partial charge in [0.25, 0.3) is 5.91 Å². The van der Waals surface area contributed by atoms with Gasteiger partial charge in [0.15, 0.2) is 0 Å². The Labute approximate surface area is 159 Å². The van der Waals surface area contributed by atoms with E-state index in [1.54, 1.807) is 53.7 Å². The molecule has 7 nitrogen and oxygen atoms in total. The number of ether oxygens (including phenoxy) is 1. The normalized spacial score (nSPS) is 15.7. The Kier molecular flexibility index (Phi) is 5.76. The minimum absolute atomic E-state index is 0.0264. The number of piperazine rings is 1. The lowest BCUT2D eigenvalue weighted by molar-refractivity contribution is 0.0697. The highest BCUT2D eigenvalue weighted by molar-refractivity contribution is 7.89. The van der Waals surface area contributed by atoms with Crippen molar-refractivity contribution >= 4 is 15.9 Å². The maximum Gasteiger partial charge on any atom is 0.254 e. The third-order valence-corrected chi connectivity index (χ3v) is 6.20. The molecule has 0 bridgehead atoms. The van der Waals surface area contributed by atoms with Crippen LogP contribution in [0.4, 0.5) is 0 Å². The predicted molar refractivity (Wildman–Crippen MR) is 101 cm³/mol. The SMILES string of the molecule is CC(C)Oc1ccc(S(=O)(=O)N2CCN(C(=O)c3ccncc3)CC2)cc1. The fourth-order valence-electron chi connectivity index (χ4n) is 2.92. The monoisotopic (exact) mass is 389 g/mol. The Morgan fingerprint density at radius 2 is 1.59 bits per heavy atom. The summed E-state index contributed by atoms with van der Waals surface area (Å²) in [6.07, 6.45) is 3.17. The van der Waals surface area contributed by atoms with Crippen LogP contribution in [-0.2, 0) is 10.0 Å². The molecular weight excluding hydrogens is 366 g/mol. The molecule has 0 saturated carbocycles. The predicted octanol–water partition coefficient (Wildman–Crippen LogP) is 2.02. The molecule has 1 fully saturated rings. The lowest BCUT2D eigenvalue weighted by atomic mass is 10.2. The van der Waals surface area contributed by atoms with Crippen LogP contribution in [0.3, 0.4) is 0 Å². The molecule has 0 unspecified atom stereocenters. The number of rotatable bonds is 5. The Hall–Kier alpha value is -2.45. The van der Waals surface area contributed by atoms with Crippen LogP contribution < -0.4 is 4.74 Å². The first-order valence-corrected chi connectivity index (χ1v) is 10.3. The molecular formula is C19H23N3O4S. The second-order valence-electron chi connectivity index (χ2n) is 6.57. The fourth-order valence-corrected chi connectivity index (χ4v) is 4.34. The third kappa shape index (κ3) is 4.45. The van der Waals surface area contributed by atoms with E-state index in [1.165, 1.54) is 4.31 Å². The molecule has 1 aliphatic rings. The number of carbonyl (C=O) groups excluding carboxylic acids is 1. The van der Waals surface area contributed by atoms with Crippen LogP contribution in [0, 0.1) is 0 Å². The molecule has 144 valence electrons. The first-order valence-electron chi connectivity index (χ1n) is 8.84. The maximum absolute atomic E-state index is 12.8. The summed E-state index contributed by atoms with van der Waals surface area (Å²) in [7, 11) is -3.59. The van der Waals surface area contributed by atoms with Crippen molar-refractivity contribution in [1.82, 2.24) is 14.2 Å². The molecule has 1 aliphatic heterocycles. The second-order valence-corrected chi connectivity index (χ2v) is 8.51. The molecule has 0 aliphatic carbocycles. The largest absolute Gasteiger partial charge is 0.491 e. The van der Waals surface area contributed by atoms with Crippen molar-refractivity contribution in [3.63, 3.8) is 0 Å². The molecule has 2 aromatic rings. The number of hydrogen-bond donors (Lipinski definition) is 0. The Balaban J connectivity index is 1.65. The quantitative estimate of drug-likeness (QED) is 0.782. The van der Waals surface area contributed by atoms with Crippen molar-refractivity contribution < 1.29 is 17.9 Å². The molecule has 1 amide bonds. The van der Waals surface area contributed by atoms with Gasteiger partial charge in [-0.25, -0.2) is 8.42 Å². The van der Waals surface area contributed by atoms with Gasteiger partial charge in [-0.1, -0.05) is 0 Å². The lowest BCUT2D eigenvalue weighted by Gasteiger charge is -2.34. The number of aromatic nitrogens is 1. The molecule has 0 N–H and O–H groups in total. The Morgan fingerprint density at radius 1 is 1.00 bits per heavy atom. The van der Waals surface area contributed by atoms with Crippen LogP contribution in [0.25, 0.3) is 0 Å². The van der Waals surface area contributed by atoms with Gasteiger partial charge in [0.2, 0.25) is 10.0 Å². The molecule has 1 saturated heterocycles. The zero-order chi connectivity index (χ0) is 19.4. The summed E-state index contributed by atoms with van der Waals surface area (Å²) in [4.78, 5) is 18.3. The number of sulfonamides is 1. The van der Waals surface area contributed by atoms with Crippen molar-refractivity contribution in [2.75, 3.05) is 26.2 Å². The zero-order valence-electron chi connectivity index (χ0n) is 15.4. The van der Waals surface area contributed by atoms with E-state index in [2.05, 4.69) is 4.98 Å². The molecule has 0 spiro atoms. The van der Waals surface area contributed by atoms with Crippen LogP contribution in [0.1, 0.15) is 24.2 Å². The summed E-state index contributed by atoms with van der Waals surface area (Å²) in [6, 6.07) is 9.76. The van der Waals surface area contributed by atoms with Gasteiger partial charge in [0.05, 0.1) is 11.0 Å². The van der Waals surface area contributed by atoms with Crippen molar-refractivity contribution in [1.29, 1.82) is 0 Å². The van der Waals surface area contributed by atoms with E-state index in [1.807, 2.05) is 13.8 Å². The molecule has 0 radical (unpaired) electrons. The van der Waals surface area contributed by atoms with Gasteiger partial charge in [-0.2, -0.15) is 4.31 Å². The summed E-state index contributed by atoms with van der Waals surface area (Å²) in [5, 5.41) is 0. The summed E-state index contributed by atoms with van der Waals surface area (Å²) in [5.41, 5.74) is 0.557. The molecule has 1 aromatic heterocycles. The third-order valence-electron chi connectivity index (χ3n) is 4.29. The van der Waals surface area contributed by atoms with Crippen LogP contribution in [0.15, 0.2) is 53.7 Å². The summed E-state index contributed by atoms with van der Waals surface area (Å²) in [6.45, 7) is 5.07. The van der Waals surface area contributed by atoms with Crippen molar-refractivity contribution in [3.05, 3.63) is 54.4 Å². The first-order chi connectivity index (χ1) is 12.9. The number of pyridine rings is 1. The standard InChI is InChI=1S/C19H23N3O4S/c1-15(2)26-17-3-5-18(6-4-17)27(24,25)22-13-11-21(12-14-22)19(23)16-7-9-20-10-8-16/h3-10,15H,11-14H2,1-2H3. The fraction of sp³-hybridized carbons (Fsp3) is 0.368.